The molecule has 1 heterocycles. The third-order valence-electron chi connectivity index (χ3n) is 2.68. The van der Waals surface area contributed by atoms with E-state index in [0.29, 0.717) is 16.6 Å². The van der Waals surface area contributed by atoms with Crippen LogP contribution < -0.4 is 16.8 Å². The van der Waals surface area contributed by atoms with Crippen molar-refractivity contribution in [2.24, 2.45) is 0 Å². The van der Waals surface area contributed by atoms with E-state index in [2.05, 4.69) is 15.3 Å². The molecule has 1 aromatic heterocycles. The predicted octanol–water partition coefficient (Wildman–Crippen LogP) is 1.88. The van der Waals surface area contributed by atoms with E-state index in [9.17, 15) is 10.1 Å². The van der Waals surface area contributed by atoms with Crippen molar-refractivity contribution in [1.82, 2.24) is 9.97 Å². The quantitative estimate of drug-likeness (QED) is 0.330. The van der Waals surface area contributed by atoms with Gasteiger partial charge in [0.25, 0.3) is 5.69 Å². The number of rotatable bonds is 5. The second kappa shape index (κ2) is 6.27. The molecule has 0 saturated heterocycles. The van der Waals surface area contributed by atoms with Gasteiger partial charge in [0.2, 0.25) is 0 Å². The van der Waals surface area contributed by atoms with Crippen molar-refractivity contribution >= 4 is 34.8 Å². The summed E-state index contributed by atoms with van der Waals surface area (Å²) < 4.78 is 0. The Hall–Kier alpha value is -2.55. The first-order valence-electron chi connectivity index (χ1n) is 5.98. The number of thioether (sulfide) groups is 1. The standard InChI is InChI=1S/C12H14N6O2S/c1-15-11-7(3-2-4-8(11)18(19)20)6-21-12-16-9(13)5-10(14)17-12/h2-5,15H,6H2,1H3,(H4,13,14,16,17). The van der Waals surface area contributed by atoms with Crippen molar-refractivity contribution in [3.63, 3.8) is 0 Å². The van der Waals surface area contributed by atoms with Crippen LogP contribution in [0, 0.1) is 10.1 Å². The van der Waals surface area contributed by atoms with E-state index in [1.165, 1.54) is 23.9 Å². The maximum atomic E-state index is 11.0. The van der Waals surface area contributed by atoms with Crippen LogP contribution in [0.5, 0.6) is 0 Å². The monoisotopic (exact) mass is 306 g/mol. The van der Waals surface area contributed by atoms with Crippen LogP contribution in [0.15, 0.2) is 29.4 Å². The van der Waals surface area contributed by atoms with Crippen molar-refractivity contribution in [2.75, 3.05) is 23.8 Å². The Morgan fingerprint density at radius 1 is 1.33 bits per heavy atom. The summed E-state index contributed by atoms with van der Waals surface area (Å²) in [7, 11) is 1.64. The molecule has 0 amide bonds. The van der Waals surface area contributed by atoms with Gasteiger partial charge in [-0.05, 0) is 5.56 Å². The molecular weight excluding hydrogens is 292 g/mol. The van der Waals surface area contributed by atoms with Crippen LogP contribution in [0.4, 0.5) is 23.0 Å². The molecule has 0 atom stereocenters. The van der Waals surface area contributed by atoms with E-state index >= 15 is 0 Å². The number of para-hydroxylation sites is 1. The predicted molar refractivity (Wildman–Crippen MR) is 83.1 cm³/mol. The van der Waals surface area contributed by atoms with Crippen LogP contribution in [-0.4, -0.2) is 21.9 Å². The highest BCUT2D eigenvalue weighted by molar-refractivity contribution is 7.98. The minimum absolute atomic E-state index is 0.0311. The number of aromatic nitrogens is 2. The molecule has 1 aromatic carbocycles. The molecule has 0 unspecified atom stereocenters. The van der Waals surface area contributed by atoms with Crippen molar-refractivity contribution < 1.29 is 4.92 Å². The lowest BCUT2D eigenvalue weighted by atomic mass is 10.1. The van der Waals surface area contributed by atoms with Gasteiger partial charge in [-0.25, -0.2) is 9.97 Å². The number of nitro groups is 1. The summed E-state index contributed by atoms with van der Waals surface area (Å²) in [5, 5.41) is 14.3. The van der Waals surface area contributed by atoms with Crippen LogP contribution in [0.25, 0.3) is 0 Å². The number of anilines is 3. The highest BCUT2D eigenvalue weighted by atomic mass is 32.2. The minimum atomic E-state index is -0.422. The van der Waals surface area contributed by atoms with Gasteiger partial charge in [0.1, 0.15) is 17.3 Å². The number of nitrogen functional groups attached to an aromatic ring is 2. The molecule has 21 heavy (non-hydrogen) atoms. The summed E-state index contributed by atoms with van der Waals surface area (Å²) in [6, 6.07) is 6.37. The molecule has 0 radical (unpaired) electrons. The third kappa shape index (κ3) is 3.51. The molecule has 0 saturated carbocycles. The average Bonchev–Trinajstić information content (AvgIpc) is 2.43. The van der Waals surface area contributed by atoms with Crippen LogP contribution in [0.1, 0.15) is 5.56 Å². The van der Waals surface area contributed by atoms with Gasteiger partial charge < -0.3 is 16.8 Å². The van der Waals surface area contributed by atoms with Gasteiger partial charge >= 0.3 is 0 Å². The molecule has 110 valence electrons. The van der Waals surface area contributed by atoms with Gasteiger partial charge in [0, 0.05) is 24.9 Å². The van der Waals surface area contributed by atoms with Gasteiger partial charge in [-0.3, -0.25) is 10.1 Å². The van der Waals surface area contributed by atoms with Crippen molar-refractivity contribution in [3.8, 4) is 0 Å². The Bertz CT molecular complexity index is 659. The number of nitrogens with two attached hydrogens (primary N) is 2. The van der Waals surface area contributed by atoms with E-state index in [1.807, 2.05) is 6.07 Å². The molecule has 2 aromatic rings. The zero-order valence-electron chi connectivity index (χ0n) is 11.2. The lowest BCUT2D eigenvalue weighted by Crippen LogP contribution is -2.01. The molecule has 2 rings (SSSR count). The molecule has 5 N–H and O–H groups in total. The molecule has 0 bridgehead atoms. The van der Waals surface area contributed by atoms with E-state index < -0.39 is 4.92 Å². The number of nitro benzene ring substituents is 1. The molecule has 0 aliphatic carbocycles. The summed E-state index contributed by atoms with van der Waals surface area (Å²) in [4.78, 5) is 18.7. The molecular formula is C12H14N6O2S. The van der Waals surface area contributed by atoms with Crippen molar-refractivity contribution in [2.45, 2.75) is 10.9 Å². The highest BCUT2D eigenvalue weighted by Gasteiger charge is 2.16. The van der Waals surface area contributed by atoms with Crippen molar-refractivity contribution in [1.29, 1.82) is 0 Å². The first-order valence-corrected chi connectivity index (χ1v) is 6.96. The number of hydrogen-bond acceptors (Lipinski definition) is 8. The smallest absolute Gasteiger partial charge is 0.292 e. The van der Waals surface area contributed by atoms with Crippen molar-refractivity contribution in [3.05, 3.63) is 39.9 Å². The number of hydrogen-bond donors (Lipinski definition) is 3. The largest absolute Gasteiger partial charge is 0.383 e. The van der Waals surface area contributed by atoms with Gasteiger partial charge in [-0.1, -0.05) is 23.9 Å². The maximum Gasteiger partial charge on any atom is 0.292 e. The van der Waals surface area contributed by atoms with Crippen LogP contribution in [-0.2, 0) is 5.75 Å². The molecule has 0 aliphatic heterocycles. The lowest BCUT2D eigenvalue weighted by molar-refractivity contribution is -0.384. The van der Waals surface area contributed by atoms with E-state index in [-0.39, 0.29) is 17.3 Å². The fourth-order valence-corrected chi connectivity index (χ4v) is 2.68. The van der Waals surface area contributed by atoms with Crippen LogP contribution in [0.2, 0.25) is 0 Å². The number of nitrogens with one attached hydrogen (secondary N) is 1. The molecule has 0 aliphatic rings. The summed E-state index contributed by atoms with van der Waals surface area (Å²) in [6.07, 6.45) is 0. The molecule has 9 heteroatoms. The first kappa shape index (κ1) is 14.9. The second-order valence-electron chi connectivity index (χ2n) is 4.11. The molecule has 0 spiro atoms. The second-order valence-corrected chi connectivity index (χ2v) is 5.05. The zero-order valence-corrected chi connectivity index (χ0v) is 12.1. The Kier molecular flexibility index (Phi) is 4.43. The maximum absolute atomic E-state index is 11.0. The normalized spacial score (nSPS) is 10.3. The van der Waals surface area contributed by atoms with E-state index in [0.717, 1.165) is 5.56 Å². The fourth-order valence-electron chi connectivity index (χ4n) is 1.82. The Morgan fingerprint density at radius 2 is 2.00 bits per heavy atom. The summed E-state index contributed by atoms with van der Waals surface area (Å²) >= 11 is 1.31. The SMILES string of the molecule is CNc1c(CSc2nc(N)cc(N)n2)cccc1[N+](=O)[O-]. The summed E-state index contributed by atoms with van der Waals surface area (Å²) in [5.74, 6) is 1.04. The third-order valence-corrected chi connectivity index (χ3v) is 3.57. The minimum Gasteiger partial charge on any atom is -0.383 e. The Labute approximate surface area is 125 Å². The highest BCUT2D eigenvalue weighted by Crippen LogP contribution is 2.32. The van der Waals surface area contributed by atoms with Gasteiger partial charge in [-0.2, -0.15) is 0 Å². The van der Waals surface area contributed by atoms with Crippen LogP contribution >= 0.6 is 11.8 Å². The number of benzene rings is 1. The lowest BCUT2D eigenvalue weighted by Gasteiger charge is -2.09. The van der Waals surface area contributed by atoms with Crippen LogP contribution in [0.3, 0.4) is 0 Å². The number of nitrogens with zero attached hydrogens (tertiary/aromatic N) is 3. The molecule has 0 fully saturated rings. The van der Waals surface area contributed by atoms with Gasteiger partial charge in [0.05, 0.1) is 4.92 Å². The van der Waals surface area contributed by atoms with E-state index in [4.69, 9.17) is 11.5 Å². The topological polar surface area (TPSA) is 133 Å². The van der Waals surface area contributed by atoms with Gasteiger partial charge in [-0.15, -0.1) is 0 Å². The first-order chi connectivity index (χ1) is 10.0. The Morgan fingerprint density at radius 3 is 2.57 bits per heavy atom. The van der Waals surface area contributed by atoms with E-state index in [1.54, 1.807) is 13.1 Å². The average molecular weight is 306 g/mol. The molecule has 8 nitrogen and oxygen atoms in total. The zero-order chi connectivity index (χ0) is 15.4. The summed E-state index contributed by atoms with van der Waals surface area (Å²) in [6.45, 7) is 0. The summed E-state index contributed by atoms with van der Waals surface area (Å²) in [5.41, 5.74) is 12.5. The Balaban J connectivity index is 2.23. The fraction of sp³-hybridized carbons (Fsp3) is 0.167. The van der Waals surface area contributed by atoms with Gasteiger partial charge in [0.15, 0.2) is 5.16 Å².